The van der Waals surface area contributed by atoms with Crippen LogP contribution in [0.5, 0.6) is 0 Å². The molecule has 1 aliphatic carbocycles. The summed E-state index contributed by atoms with van der Waals surface area (Å²) in [4.78, 5) is 13.4. The van der Waals surface area contributed by atoms with Gasteiger partial charge in [-0.2, -0.15) is 0 Å². The number of carbonyl (C=O) groups excluding carboxylic acids is 1. The predicted octanol–water partition coefficient (Wildman–Crippen LogP) is 1.11. The molecule has 2 unspecified atom stereocenters. The fourth-order valence-electron chi connectivity index (χ4n) is 1.11. The van der Waals surface area contributed by atoms with E-state index in [0.717, 1.165) is 12.8 Å². The Labute approximate surface area is 89.9 Å². The maximum Gasteiger partial charge on any atom is 0.232 e. The molecule has 2 atom stereocenters. The standard InChI is InChI=1S/C10H19NO2S/c1-7(12)8(2)14-6-10(13)11(3)9-4-5-9/h7-9,12H,4-6H2,1-3H3. The van der Waals surface area contributed by atoms with E-state index in [0.29, 0.717) is 11.8 Å². The van der Waals surface area contributed by atoms with E-state index >= 15 is 0 Å². The lowest BCUT2D eigenvalue weighted by atomic mass is 10.3. The lowest BCUT2D eigenvalue weighted by Crippen LogP contribution is -2.31. The summed E-state index contributed by atoms with van der Waals surface area (Å²) in [7, 11) is 1.87. The molecule has 0 radical (unpaired) electrons. The first-order valence-corrected chi connectivity index (χ1v) is 6.12. The van der Waals surface area contributed by atoms with Crippen molar-refractivity contribution in [2.75, 3.05) is 12.8 Å². The van der Waals surface area contributed by atoms with Gasteiger partial charge in [0.1, 0.15) is 0 Å². The Balaban J connectivity index is 2.19. The van der Waals surface area contributed by atoms with Crippen molar-refractivity contribution < 1.29 is 9.90 Å². The summed E-state index contributed by atoms with van der Waals surface area (Å²) >= 11 is 1.52. The molecule has 1 amide bonds. The fraction of sp³-hybridized carbons (Fsp3) is 0.900. The Bertz CT molecular complexity index is 204. The molecule has 0 aromatic carbocycles. The number of nitrogens with zero attached hydrogens (tertiary/aromatic N) is 1. The molecule has 4 heteroatoms. The normalized spacial score (nSPS) is 20.3. The van der Waals surface area contributed by atoms with Gasteiger partial charge >= 0.3 is 0 Å². The molecule has 3 nitrogen and oxygen atoms in total. The van der Waals surface area contributed by atoms with Gasteiger partial charge in [0.15, 0.2) is 0 Å². The van der Waals surface area contributed by atoms with Gasteiger partial charge in [-0.1, -0.05) is 6.92 Å². The molecule has 0 spiro atoms. The molecular weight excluding hydrogens is 198 g/mol. The molecule has 0 aromatic heterocycles. The minimum absolute atomic E-state index is 0.131. The van der Waals surface area contributed by atoms with Crippen LogP contribution in [0.15, 0.2) is 0 Å². The molecule has 0 saturated heterocycles. The lowest BCUT2D eigenvalue weighted by molar-refractivity contribution is -0.127. The van der Waals surface area contributed by atoms with E-state index in [-0.39, 0.29) is 17.3 Å². The molecule has 1 aliphatic rings. The summed E-state index contributed by atoms with van der Waals surface area (Å²) in [6.45, 7) is 3.70. The van der Waals surface area contributed by atoms with Gasteiger partial charge in [-0.15, -0.1) is 11.8 Å². The van der Waals surface area contributed by atoms with Crippen LogP contribution in [-0.4, -0.2) is 46.1 Å². The highest BCUT2D eigenvalue weighted by molar-refractivity contribution is 8.00. The van der Waals surface area contributed by atoms with Crippen molar-refractivity contribution in [3.63, 3.8) is 0 Å². The van der Waals surface area contributed by atoms with E-state index < -0.39 is 0 Å². The van der Waals surface area contributed by atoms with Crippen LogP contribution in [0.3, 0.4) is 0 Å². The minimum atomic E-state index is -0.348. The first kappa shape index (κ1) is 11.9. The molecule has 1 saturated carbocycles. The first-order valence-electron chi connectivity index (χ1n) is 5.07. The zero-order valence-corrected chi connectivity index (χ0v) is 9.88. The highest BCUT2D eigenvalue weighted by Crippen LogP contribution is 2.26. The number of carbonyl (C=O) groups is 1. The van der Waals surface area contributed by atoms with E-state index in [4.69, 9.17) is 0 Å². The highest BCUT2D eigenvalue weighted by atomic mass is 32.2. The third-order valence-corrected chi connectivity index (χ3v) is 3.97. The first-order chi connectivity index (χ1) is 6.52. The van der Waals surface area contributed by atoms with Gasteiger partial charge in [0.2, 0.25) is 5.91 Å². The number of amides is 1. The number of aliphatic hydroxyl groups excluding tert-OH is 1. The van der Waals surface area contributed by atoms with Crippen molar-refractivity contribution in [1.29, 1.82) is 0 Å². The summed E-state index contributed by atoms with van der Waals surface area (Å²) in [5, 5.41) is 9.38. The van der Waals surface area contributed by atoms with Crippen molar-refractivity contribution >= 4 is 17.7 Å². The van der Waals surface area contributed by atoms with Crippen molar-refractivity contribution in [3.8, 4) is 0 Å². The molecule has 0 aromatic rings. The monoisotopic (exact) mass is 217 g/mol. The van der Waals surface area contributed by atoms with Gasteiger partial charge in [0.05, 0.1) is 11.9 Å². The SMILES string of the molecule is CC(O)C(C)SCC(=O)N(C)C1CC1. The molecule has 14 heavy (non-hydrogen) atoms. The zero-order chi connectivity index (χ0) is 10.7. The average Bonchev–Trinajstić information content (AvgIpc) is 2.95. The summed E-state index contributed by atoms with van der Waals surface area (Å²) < 4.78 is 0. The number of thioether (sulfide) groups is 1. The van der Waals surface area contributed by atoms with Crippen LogP contribution in [0, 0.1) is 0 Å². The Kier molecular flexibility index (Phi) is 4.26. The van der Waals surface area contributed by atoms with Gasteiger partial charge in [0.25, 0.3) is 0 Å². The molecular formula is C10H19NO2S. The summed E-state index contributed by atoms with van der Waals surface area (Å²) in [6, 6.07) is 0.491. The van der Waals surface area contributed by atoms with Crippen LogP contribution in [0.4, 0.5) is 0 Å². The van der Waals surface area contributed by atoms with Crippen molar-refractivity contribution in [2.24, 2.45) is 0 Å². The van der Waals surface area contributed by atoms with E-state index in [1.165, 1.54) is 11.8 Å². The number of hydrogen-bond acceptors (Lipinski definition) is 3. The third-order valence-electron chi connectivity index (χ3n) is 2.64. The fourth-order valence-corrected chi connectivity index (χ4v) is 2.00. The largest absolute Gasteiger partial charge is 0.392 e. The van der Waals surface area contributed by atoms with Crippen LogP contribution in [0.2, 0.25) is 0 Å². The van der Waals surface area contributed by atoms with Crippen molar-refractivity contribution in [2.45, 2.75) is 44.1 Å². The zero-order valence-electron chi connectivity index (χ0n) is 9.06. The Morgan fingerprint density at radius 2 is 2.14 bits per heavy atom. The van der Waals surface area contributed by atoms with Gasteiger partial charge in [-0.3, -0.25) is 4.79 Å². The lowest BCUT2D eigenvalue weighted by Gasteiger charge is -2.18. The van der Waals surface area contributed by atoms with Gasteiger partial charge < -0.3 is 10.0 Å². The maximum atomic E-state index is 11.6. The molecule has 0 aliphatic heterocycles. The van der Waals surface area contributed by atoms with Gasteiger partial charge in [-0.25, -0.2) is 0 Å². The second-order valence-electron chi connectivity index (χ2n) is 3.99. The number of rotatable bonds is 5. The van der Waals surface area contributed by atoms with Crippen LogP contribution >= 0.6 is 11.8 Å². The second kappa shape index (κ2) is 5.03. The number of aliphatic hydroxyl groups is 1. The van der Waals surface area contributed by atoms with Gasteiger partial charge in [0, 0.05) is 18.3 Å². The minimum Gasteiger partial charge on any atom is -0.392 e. The van der Waals surface area contributed by atoms with Crippen LogP contribution in [0.25, 0.3) is 0 Å². The third kappa shape index (κ3) is 3.50. The topological polar surface area (TPSA) is 40.5 Å². The Hall–Kier alpha value is -0.220. The molecule has 82 valence electrons. The van der Waals surface area contributed by atoms with Crippen molar-refractivity contribution in [1.82, 2.24) is 4.90 Å². The van der Waals surface area contributed by atoms with Crippen LogP contribution < -0.4 is 0 Å². The van der Waals surface area contributed by atoms with Crippen LogP contribution in [-0.2, 0) is 4.79 Å². The predicted molar refractivity (Wildman–Crippen MR) is 59.4 cm³/mol. The molecule has 0 heterocycles. The highest BCUT2D eigenvalue weighted by Gasteiger charge is 2.29. The molecule has 1 N–H and O–H groups in total. The quantitative estimate of drug-likeness (QED) is 0.750. The summed E-state index contributed by atoms with van der Waals surface area (Å²) in [5.41, 5.74) is 0. The molecule has 1 fully saturated rings. The number of hydrogen-bond donors (Lipinski definition) is 1. The molecule has 0 bridgehead atoms. The van der Waals surface area contributed by atoms with Crippen molar-refractivity contribution in [3.05, 3.63) is 0 Å². The summed E-state index contributed by atoms with van der Waals surface area (Å²) in [6.07, 6.45) is 1.96. The Morgan fingerprint density at radius 1 is 1.57 bits per heavy atom. The van der Waals surface area contributed by atoms with E-state index in [9.17, 15) is 9.90 Å². The van der Waals surface area contributed by atoms with Crippen LogP contribution in [0.1, 0.15) is 26.7 Å². The summed E-state index contributed by atoms with van der Waals surface area (Å²) in [5.74, 6) is 0.670. The van der Waals surface area contributed by atoms with E-state index in [1.54, 1.807) is 6.92 Å². The van der Waals surface area contributed by atoms with E-state index in [1.807, 2.05) is 18.9 Å². The molecule has 1 rings (SSSR count). The van der Waals surface area contributed by atoms with Gasteiger partial charge in [-0.05, 0) is 19.8 Å². The Morgan fingerprint density at radius 3 is 2.57 bits per heavy atom. The second-order valence-corrected chi connectivity index (χ2v) is 5.36. The smallest absolute Gasteiger partial charge is 0.232 e. The maximum absolute atomic E-state index is 11.6. The average molecular weight is 217 g/mol. The van der Waals surface area contributed by atoms with E-state index in [2.05, 4.69) is 0 Å².